The van der Waals surface area contributed by atoms with Gasteiger partial charge >= 0.3 is 0 Å². The summed E-state index contributed by atoms with van der Waals surface area (Å²) < 4.78 is 24.3. The van der Waals surface area contributed by atoms with Gasteiger partial charge in [0, 0.05) is 51.4 Å². The first-order valence-electron chi connectivity index (χ1n) is 9.63. The molecule has 1 aromatic rings. The standard InChI is InChI=1S/C20H32FN3O3/c1-16(2)27-12-4-7-22-20(25)15-24-10-8-23(9-11-24)14-17-13-18(21)5-6-19(17)26-3/h5-6,13,16H,4,7-12,14-15H2,1-3H3,(H,22,25). The third kappa shape index (κ3) is 7.82. The van der Waals surface area contributed by atoms with Gasteiger partial charge in [-0.05, 0) is 38.5 Å². The summed E-state index contributed by atoms with van der Waals surface area (Å²) in [6.07, 6.45) is 1.05. The van der Waals surface area contributed by atoms with Crippen LogP contribution in [0.4, 0.5) is 4.39 Å². The molecule has 1 amide bonds. The van der Waals surface area contributed by atoms with Gasteiger partial charge in [-0.25, -0.2) is 4.39 Å². The van der Waals surface area contributed by atoms with Crippen LogP contribution >= 0.6 is 0 Å². The molecule has 1 aliphatic heterocycles. The number of carbonyl (C=O) groups is 1. The van der Waals surface area contributed by atoms with Crippen molar-refractivity contribution in [1.29, 1.82) is 0 Å². The van der Waals surface area contributed by atoms with Crippen LogP contribution in [-0.2, 0) is 16.1 Å². The molecule has 6 nitrogen and oxygen atoms in total. The second-order valence-corrected chi connectivity index (χ2v) is 7.13. The topological polar surface area (TPSA) is 54.0 Å². The van der Waals surface area contributed by atoms with Crippen LogP contribution in [0.5, 0.6) is 5.75 Å². The molecule has 1 fully saturated rings. The lowest BCUT2D eigenvalue weighted by Crippen LogP contribution is -2.49. The lowest BCUT2D eigenvalue weighted by molar-refractivity contribution is -0.122. The number of nitrogens with one attached hydrogen (secondary N) is 1. The largest absolute Gasteiger partial charge is 0.496 e. The van der Waals surface area contributed by atoms with E-state index in [1.54, 1.807) is 13.2 Å². The zero-order chi connectivity index (χ0) is 19.6. The molecule has 152 valence electrons. The van der Waals surface area contributed by atoms with E-state index in [2.05, 4.69) is 15.1 Å². The van der Waals surface area contributed by atoms with Gasteiger partial charge in [0.05, 0.1) is 19.8 Å². The van der Waals surface area contributed by atoms with Crippen LogP contribution < -0.4 is 10.1 Å². The van der Waals surface area contributed by atoms with Crippen molar-refractivity contribution in [3.8, 4) is 5.75 Å². The summed E-state index contributed by atoms with van der Waals surface area (Å²) in [5.41, 5.74) is 0.854. The SMILES string of the molecule is COc1ccc(F)cc1CN1CCN(CC(=O)NCCCOC(C)C)CC1. The summed E-state index contributed by atoms with van der Waals surface area (Å²) in [5.74, 6) is 0.513. The fourth-order valence-electron chi connectivity index (χ4n) is 3.10. The highest BCUT2D eigenvalue weighted by Crippen LogP contribution is 2.21. The molecule has 0 saturated carbocycles. The van der Waals surface area contributed by atoms with Crippen molar-refractivity contribution >= 4 is 5.91 Å². The molecular formula is C20H32FN3O3. The quantitative estimate of drug-likeness (QED) is 0.627. The minimum Gasteiger partial charge on any atom is -0.496 e. The first kappa shape index (κ1) is 21.6. The van der Waals surface area contributed by atoms with Crippen molar-refractivity contribution in [3.63, 3.8) is 0 Å². The van der Waals surface area contributed by atoms with Crippen molar-refractivity contribution in [2.75, 3.05) is 53.0 Å². The van der Waals surface area contributed by atoms with Gasteiger partial charge in [0.15, 0.2) is 0 Å². The van der Waals surface area contributed by atoms with Crippen molar-refractivity contribution in [3.05, 3.63) is 29.6 Å². The number of nitrogens with zero attached hydrogens (tertiary/aromatic N) is 2. The fraction of sp³-hybridized carbons (Fsp3) is 0.650. The van der Waals surface area contributed by atoms with Gasteiger partial charge in [0.1, 0.15) is 11.6 Å². The first-order valence-corrected chi connectivity index (χ1v) is 9.63. The molecule has 7 heteroatoms. The van der Waals surface area contributed by atoms with E-state index >= 15 is 0 Å². The number of piperazine rings is 1. The highest BCUT2D eigenvalue weighted by Gasteiger charge is 2.20. The summed E-state index contributed by atoms with van der Waals surface area (Å²) in [7, 11) is 1.60. The fourth-order valence-corrected chi connectivity index (χ4v) is 3.10. The molecule has 1 aromatic carbocycles. The number of hydrogen-bond acceptors (Lipinski definition) is 5. The molecule has 2 rings (SSSR count). The molecule has 1 aliphatic rings. The molecule has 0 bridgehead atoms. The summed E-state index contributed by atoms with van der Waals surface area (Å²) in [6, 6.07) is 4.60. The van der Waals surface area contributed by atoms with Crippen LogP contribution in [0.25, 0.3) is 0 Å². The summed E-state index contributed by atoms with van der Waals surface area (Å²) >= 11 is 0. The Hall–Kier alpha value is -1.70. The maximum Gasteiger partial charge on any atom is 0.234 e. The molecule has 27 heavy (non-hydrogen) atoms. The second kappa shape index (κ2) is 11.2. The monoisotopic (exact) mass is 381 g/mol. The normalized spacial score (nSPS) is 15.9. The lowest BCUT2D eigenvalue weighted by Gasteiger charge is -2.34. The molecule has 1 saturated heterocycles. The van der Waals surface area contributed by atoms with Gasteiger partial charge < -0.3 is 14.8 Å². The van der Waals surface area contributed by atoms with Crippen molar-refractivity contribution in [2.45, 2.75) is 32.9 Å². The Morgan fingerprint density at radius 3 is 2.59 bits per heavy atom. The Morgan fingerprint density at radius 1 is 1.22 bits per heavy atom. The molecule has 0 radical (unpaired) electrons. The van der Waals surface area contributed by atoms with Crippen LogP contribution in [0.3, 0.4) is 0 Å². The third-order valence-electron chi connectivity index (χ3n) is 4.56. The smallest absolute Gasteiger partial charge is 0.234 e. The molecule has 0 aliphatic carbocycles. The average Bonchev–Trinajstić information content (AvgIpc) is 2.63. The van der Waals surface area contributed by atoms with Gasteiger partial charge in [-0.3, -0.25) is 14.6 Å². The summed E-state index contributed by atoms with van der Waals surface area (Å²) in [6.45, 7) is 9.71. The Balaban J connectivity index is 1.66. The van der Waals surface area contributed by atoms with Crippen LogP contribution in [0.2, 0.25) is 0 Å². The Labute approximate surface area is 161 Å². The van der Waals surface area contributed by atoms with E-state index in [1.807, 2.05) is 13.8 Å². The number of ether oxygens (including phenoxy) is 2. The third-order valence-corrected chi connectivity index (χ3v) is 4.56. The zero-order valence-electron chi connectivity index (χ0n) is 16.7. The number of carbonyl (C=O) groups excluding carboxylic acids is 1. The molecule has 0 spiro atoms. The molecule has 0 aromatic heterocycles. The number of methoxy groups -OCH3 is 1. The van der Waals surface area contributed by atoms with Crippen molar-refractivity contribution in [1.82, 2.24) is 15.1 Å². The van der Waals surface area contributed by atoms with E-state index < -0.39 is 0 Å². The van der Waals surface area contributed by atoms with Crippen molar-refractivity contribution in [2.24, 2.45) is 0 Å². The van der Waals surface area contributed by atoms with E-state index in [4.69, 9.17) is 9.47 Å². The predicted molar refractivity (Wildman–Crippen MR) is 103 cm³/mol. The second-order valence-electron chi connectivity index (χ2n) is 7.13. The van der Waals surface area contributed by atoms with E-state index in [9.17, 15) is 9.18 Å². The van der Waals surface area contributed by atoms with Gasteiger partial charge in [0.2, 0.25) is 5.91 Å². The van der Waals surface area contributed by atoms with E-state index in [-0.39, 0.29) is 17.8 Å². The Kier molecular flexibility index (Phi) is 8.97. The highest BCUT2D eigenvalue weighted by atomic mass is 19.1. The number of rotatable bonds is 10. The van der Waals surface area contributed by atoms with Crippen LogP contribution in [0, 0.1) is 5.82 Å². The van der Waals surface area contributed by atoms with E-state index in [0.717, 1.165) is 38.2 Å². The summed E-state index contributed by atoms with van der Waals surface area (Å²) in [4.78, 5) is 16.4. The minimum atomic E-state index is -0.250. The van der Waals surface area contributed by atoms with E-state index in [1.165, 1.54) is 12.1 Å². The molecule has 0 atom stereocenters. The molecular weight excluding hydrogens is 349 g/mol. The Morgan fingerprint density at radius 2 is 1.93 bits per heavy atom. The molecule has 0 unspecified atom stereocenters. The number of benzene rings is 1. The van der Waals surface area contributed by atoms with Crippen LogP contribution in [0.1, 0.15) is 25.8 Å². The molecule has 1 heterocycles. The average molecular weight is 381 g/mol. The van der Waals surface area contributed by atoms with Gasteiger partial charge in [-0.1, -0.05) is 0 Å². The van der Waals surface area contributed by atoms with Crippen LogP contribution in [0.15, 0.2) is 18.2 Å². The van der Waals surface area contributed by atoms with Gasteiger partial charge in [-0.2, -0.15) is 0 Å². The molecule has 1 N–H and O–H groups in total. The maximum absolute atomic E-state index is 13.5. The predicted octanol–water partition coefficient (Wildman–Crippen LogP) is 1.88. The lowest BCUT2D eigenvalue weighted by atomic mass is 10.1. The zero-order valence-corrected chi connectivity index (χ0v) is 16.7. The summed E-state index contributed by atoms with van der Waals surface area (Å²) in [5, 5.41) is 2.94. The van der Waals surface area contributed by atoms with Gasteiger partial charge in [0.25, 0.3) is 0 Å². The van der Waals surface area contributed by atoms with E-state index in [0.29, 0.717) is 32.0 Å². The maximum atomic E-state index is 13.5. The Bertz CT molecular complexity index is 590. The van der Waals surface area contributed by atoms with Crippen molar-refractivity contribution < 1.29 is 18.7 Å². The van der Waals surface area contributed by atoms with Crippen LogP contribution in [-0.4, -0.2) is 74.8 Å². The number of hydrogen-bond donors (Lipinski definition) is 1. The highest BCUT2D eigenvalue weighted by molar-refractivity contribution is 5.77. The minimum absolute atomic E-state index is 0.0554. The number of amides is 1. The number of halogens is 1. The first-order chi connectivity index (χ1) is 13.0. The van der Waals surface area contributed by atoms with Gasteiger partial charge in [-0.15, -0.1) is 0 Å².